The lowest BCUT2D eigenvalue weighted by atomic mass is 10.1. The normalized spacial score (nSPS) is 12.1. The van der Waals surface area contributed by atoms with Gasteiger partial charge in [-0.15, -0.1) is 11.3 Å². The molecule has 2 aromatic rings. The van der Waals surface area contributed by atoms with E-state index in [0.717, 1.165) is 29.9 Å². The smallest absolute Gasteiger partial charge is 0.428 e. The molecule has 0 fully saturated rings. The van der Waals surface area contributed by atoms with Crippen molar-refractivity contribution in [3.8, 4) is 5.75 Å². The van der Waals surface area contributed by atoms with Crippen molar-refractivity contribution in [1.82, 2.24) is 0 Å². The molecule has 0 aliphatic rings. The molecule has 0 bridgehead atoms. The third-order valence-electron chi connectivity index (χ3n) is 3.19. The van der Waals surface area contributed by atoms with Gasteiger partial charge in [0.25, 0.3) is 0 Å². The van der Waals surface area contributed by atoms with Gasteiger partial charge in [0, 0.05) is 4.88 Å². The van der Waals surface area contributed by atoms with Gasteiger partial charge in [0.1, 0.15) is 5.75 Å². The summed E-state index contributed by atoms with van der Waals surface area (Å²) < 4.78 is 54.2. The SMILES string of the molecule is CCCc1ccc(C(=O)/C=C/c2cccc(OC(F)(F)C(F)F)c2)s1. The fourth-order valence-corrected chi connectivity index (χ4v) is 3.06. The molecule has 2 rings (SSSR count). The fraction of sp³-hybridized carbons (Fsp3) is 0.278. The molecule has 0 atom stereocenters. The van der Waals surface area contributed by atoms with Crippen molar-refractivity contribution < 1.29 is 27.1 Å². The highest BCUT2D eigenvalue weighted by atomic mass is 32.1. The van der Waals surface area contributed by atoms with Gasteiger partial charge in [-0.1, -0.05) is 31.6 Å². The van der Waals surface area contributed by atoms with Gasteiger partial charge in [0.2, 0.25) is 0 Å². The van der Waals surface area contributed by atoms with Crippen molar-refractivity contribution >= 4 is 23.2 Å². The average Bonchev–Trinajstić information content (AvgIpc) is 3.01. The molecule has 0 saturated carbocycles. The van der Waals surface area contributed by atoms with Crippen LogP contribution in [-0.4, -0.2) is 18.3 Å². The summed E-state index contributed by atoms with van der Waals surface area (Å²) in [5.41, 5.74) is 0.390. The molecule has 2 nitrogen and oxygen atoms in total. The first-order valence-corrected chi connectivity index (χ1v) is 8.39. The standard InChI is InChI=1S/C18H16F4O2S/c1-2-4-14-8-10-16(25-14)15(23)9-7-12-5-3-6-13(11-12)24-18(21,22)17(19)20/h3,5-11,17H,2,4H2,1H3/b9-7+. The van der Waals surface area contributed by atoms with E-state index in [-0.39, 0.29) is 5.78 Å². The third kappa shape index (κ3) is 5.42. The topological polar surface area (TPSA) is 26.3 Å². The summed E-state index contributed by atoms with van der Waals surface area (Å²) in [7, 11) is 0. The van der Waals surface area contributed by atoms with Gasteiger partial charge in [-0.05, 0) is 42.3 Å². The quantitative estimate of drug-likeness (QED) is 0.331. The second-order valence-corrected chi connectivity index (χ2v) is 6.42. The van der Waals surface area contributed by atoms with E-state index in [1.807, 2.05) is 13.0 Å². The number of thiophene rings is 1. The van der Waals surface area contributed by atoms with Crippen LogP contribution in [0.4, 0.5) is 17.6 Å². The zero-order valence-electron chi connectivity index (χ0n) is 13.3. The van der Waals surface area contributed by atoms with Crippen molar-refractivity contribution in [3.05, 3.63) is 57.8 Å². The molecule has 0 aliphatic heterocycles. The lowest BCUT2D eigenvalue weighted by Crippen LogP contribution is -2.33. The summed E-state index contributed by atoms with van der Waals surface area (Å²) in [6, 6.07) is 8.88. The highest BCUT2D eigenvalue weighted by Crippen LogP contribution is 2.28. The molecule has 25 heavy (non-hydrogen) atoms. The average molecular weight is 372 g/mol. The van der Waals surface area contributed by atoms with E-state index < -0.39 is 18.3 Å². The Bertz CT molecular complexity index is 753. The molecular formula is C18H16F4O2S. The number of allylic oxidation sites excluding steroid dienone is 1. The zero-order valence-corrected chi connectivity index (χ0v) is 14.2. The summed E-state index contributed by atoms with van der Waals surface area (Å²) in [6.07, 6.45) is -3.87. The number of hydrogen-bond acceptors (Lipinski definition) is 3. The van der Waals surface area contributed by atoms with Crippen LogP contribution in [0.2, 0.25) is 0 Å². The van der Waals surface area contributed by atoms with Gasteiger partial charge in [-0.3, -0.25) is 4.79 Å². The molecule has 134 valence electrons. The number of alkyl halides is 4. The van der Waals surface area contributed by atoms with Crippen molar-refractivity contribution in [3.63, 3.8) is 0 Å². The van der Waals surface area contributed by atoms with Gasteiger partial charge in [0.15, 0.2) is 5.78 Å². The number of carbonyl (C=O) groups is 1. The first-order valence-electron chi connectivity index (χ1n) is 7.58. The molecule has 0 saturated heterocycles. The maximum atomic E-state index is 12.9. The van der Waals surface area contributed by atoms with E-state index in [1.165, 1.54) is 29.6 Å². The Labute approximate surface area is 146 Å². The minimum absolute atomic E-state index is 0.211. The number of benzene rings is 1. The number of carbonyl (C=O) groups excluding carboxylic acids is 1. The molecule has 1 heterocycles. The molecule has 7 heteroatoms. The largest absolute Gasteiger partial charge is 0.461 e. The minimum atomic E-state index is -4.56. The van der Waals surface area contributed by atoms with E-state index in [4.69, 9.17) is 0 Å². The number of hydrogen-bond donors (Lipinski definition) is 0. The molecule has 1 aromatic heterocycles. The Kier molecular flexibility index (Phi) is 6.36. The molecule has 0 spiro atoms. The summed E-state index contributed by atoms with van der Waals surface area (Å²) >= 11 is 1.41. The molecule has 0 N–H and O–H groups in total. The van der Waals surface area contributed by atoms with Crippen LogP contribution < -0.4 is 4.74 Å². The van der Waals surface area contributed by atoms with Crippen LogP contribution in [0, 0.1) is 0 Å². The molecular weight excluding hydrogens is 356 g/mol. The van der Waals surface area contributed by atoms with Crippen molar-refractivity contribution in [1.29, 1.82) is 0 Å². The van der Waals surface area contributed by atoms with Crippen LogP contribution in [0.5, 0.6) is 5.75 Å². The second-order valence-electron chi connectivity index (χ2n) is 5.25. The fourth-order valence-electron chi connectivity index (χ4n) is 2.03. The Balaban J connectivity index is 2.07. The number of ether oxygens (including phenoxy) is 1. The maximum Gasteiger partial charge on any atom is 0.461 e. The summed E-state index contributed by atoms with van der Waals surface area (Å²) in [4.78, 5) is 13.8. The number of ketones is 1. The molecule has 0 amide bonds. The molecule has 0 aliphatic carbocycles. The maximum absolute atomic E-state index is 12.9. The van der Waals surface area contributed by atoms with Gasteiger partial charge < -0.3 is 4.74 Å². The van der Waals surface area contributed by atoms with Crippen LogP contribution in [0.1, 0.15) is 33.5 Å². The summed E-state index contributed by atoms with van der Waals surface area (Å²) in [5.74, 6) is -0.613. The lowest BCUT2D eigenvalue weighted by Gasteiger charge is -2.16. The predicted octanol–water partition coefficient (Wildman–Crippen LogP) is 5.83. The van der Waals surface area contributed by atoms with Crippen LogP contribution in [0.15, 0.2) is 42.5 Å². The highest BCUT2D eigenvalue weighted by Gasteiger charge is 2.43. The first kappa shape index (κ1) is 19.2. The van der Waals surface area contributed by atoms with E-state index in [1.54, 1.807) is 12.1 Å². The van der Waals surface area contributed by atoms with E-state index >= 15 is 0 Å². The van der Waals surface area contributed by atoms with Crippen LogP contribution in [0.3, 0.4) is 0 Å². The van der Waals surface area contributed by atoms with Crippen LogP contribution >= 0.6 is 11.3 Å². The number of rotatable bonds is 8. The van der Waals surface area contributed by atoms with Gasteiger partial charge >= 0.3 is 12.5 Å². The van der Waals surface area contributed by atoms with Crippen molar-refractivity contribution in [2.75, 3.05) is 0 Å². The minimum Gasteiger partial charge on any atom is -0.428 e. The Morgan fingerprint density at radius 3 is 2.72 bits per heavy atom. The summed E-state index contributed by atoms with van der Waals surface area (Å²) in [5, 5.41) is 0. The van der Waals surface area contributed by atoms with Gasteiger partial charge in [-0.2, -0.15) is 17.6 Å². The van der Waals surface area contributed by atoms with Gasteiger partial charge in [-0.25, -0.2) is 0 Å². The van der Waals surface area contributed by atoms with Crippen LogP contribution in [0.25, 0.3) is 6.08 Å². The summed E-state index contributed by atoms with van der Waals surface area (Å²) in [6.45, 7) is 2.05. The molecule has 0 unspecified atom stereocenters. The Hall–Kier alpha value is -2.15. The first-order chi connectivity index (χ1) is 11.8. The van der Waals surface area contributed by atoms with Gasteiger partial charge in [0.05, 0.1) is 4.88 Å². The van der Waals surface area contributed by atoms with E-state index in [2.05, 4.69) is 4.74 Å². The van der Waals surface area contributed by atoms with Crippen molar-refractivity contribution in [2.45, 2.75) is 32.3 Å². The van der Waals surface area contributed by atoms with E-state index in [0.29, 0.717) is 10.4 Å². The Morgan fingerprint density at radius 1 is 1.28 bits per heavy atom. The third-order valence-corrected chi connectivity index (χ3v) is 4.35. The second kappa shape index (κ2) is 8.29. The number of aryl methyl sites for hydroxylation is 1. The number of halogens is 4. The monoisotopic (exact) mass is 372 g/mol. The highest BCUT2D eigenvalue weighted by molar-refractivity contribution is 7.14. The lowest BCUT2D eigenvalue weighted by molar-refractivity contribution is -0.253. The predicted molar refractivity (Wildman–Crippen MR) is 89.7 cm³/mol. The van der Waals surface area contributed by atoms with Crippen molar-refractivity contribution in [2.24, 2.45) is 0 Å². The molecule has 1 aromatic carbocycles. The zero-order chi connectivity index (χ0) is 18.4. The van der Waals surface area contributed by atoms with Crippen LogP contribution in [-0.2, 0) is 6.42 Å². The van der Waals surface area contributed by atoms with E-state index in [9.17, 15) is 22.4 Å². The Morgan fingerprint density at radius 2 is 2.04 bits per heavy atom. The molecule has 0 radical (unpaired) electrons.